The van der Waals surface area contributed by atoms with Crippen LogP contribution in [0, 0.1) is 12.7 Å². The van der Waals surface area contributed by atoms with Crippen LogP contribution in [0.25, 0.3) is 32.6 Å². The fraction of sp³-hybridized carbons (Fsp3) is 0.333. The van der Waals surface area contributed by atoms with Crippen LogP contribution in [-0.2, 0) is 0 Å². The van der Waals surface area contributed by atoms with E-state index in [-0.39, 0.29) is 5.82 Å². The van der Waals surface area contributed by atoms with Gasteiger partial charge in [0.1, 0.15) is 5.82 Å². The molecule has 34 heavy (non-hydrogen) atoms. The summed E-state index contributed by atoms with van der Waals surface area (Å²) in [4.78, 5) is 14.2. The van der Waals surface area contributed by atoms with E-state index in [4.69, 9.17) is 4.98 Å². The van der Waals surface area contributed by atoms with E-state index in [0.29, 0.717) is 5.56 Å². The lowest BCUT2D eigenvalue weighted by molar-refractivity contribution is 0.154. The van der Waals surface area contributed by atoms with E-state index < -0.39 is 0 Å². The minimum Gasteiger partial charge on any atom is -0.384 e. The van der Waals surface area contributed by atoms with Crippen molar-refractivity contribution in [2.75, 3.05) is 51.6 Å². The van der Waals surface area contributed by atoms with Crippen molar-refractivity contribution >= 4 is 27.2 Å². The number of rotatable bonds is 7. The molecule has 3 heterocycles. The van der Waals surface area contributed by atoms with Gasteiger partial charge in [0.15, 0.2) is 0 Å². The van der Waals surface area contributed by atoms with Crippen LogP contribution in [0.4, 0.5) is 10.1 Å². The molecule has 5 rings (SSSR count). The predicted molar refractivity (Wildman–Crippen MR) is 140 cm³/mol. The highest BCUT2D eigenvalue weighted by Gasteiger charge is 2.15. The zero-order chi connectivity index (χ0) is 23.5. The molecule has 176 valence electrons. The number of hydrogen-bond acceptors (Lipinski definition) is 6. The highest BCUT2D eigenvalue weighted by molar-refractivity contribution is 7.16. The first-order chi connectivity index (χ1) is 16.6. The summed E-state index contributed by atoms with van der Waals surface area (Å²) in [6.45, 7) is 8.39. The number of piperazine rings is 1. The highest BCUT2D eigenvalue weighted by atomic mass is 32.1. The third-order valence-corrected chi connectivity index (χ3v) is 7.33. The quantitative estimate of drug-likeness (QED) is 0.357. The molecular formula is C27H30FN5S. The summed E-state index contributed by atoms with van der Waals surface area (Å²) in [5.41, 5.74) is 8.38. The Bertz CT molecular complexity index is 1280. The number of halogens is 1. The van der Waals surface area contributed by atoms with Gasteiger partial charge in [0.2, 0.25) is 0 Å². The number of pyridine rings is 1. The van der Waals surface area contributed by atoms with Gasteiger partial charge in [-0.1, -0.05) is 6.07 Å². The lowest BCUT2D eigenvalue weighted by Gasteiger charge is -2.32. The lowest BCUT2D eigenvalue weighted by atomic mass is 9.97. The van der Waals surface area contributed by atoms with Gasteiger partial charge < -0.3 is 15.1 Å². The summed E-state index contributed by atoms with van der Waals surface area (Å²) in [7, 11) is 2.19. The Balaban J connectivity index is 1.38. The molecule has 1 saturated heterocycles. The number of aromatic nitrogens is 2. The van der Waals surface area contributed by atoms with Crippen molar-refractivity contribution in [3.8, 4) is 22.4 Å². The average Bonchev–Trinajstić information content (AvgIpc) is 3.33. The summed E-state index contributed by atoms with van der Waals surface area (Å²) < 4.78 is 15.1. The number of fused-ring (bicyclic) bond motifs is 1. The maximum Gasteiger partial charge on any atom is 0.126 e. The van der Waals surface area contributed by atoms with Crippen LogP contribution in [0.3, 0.4) is 0 Å². The second-order valence-electron chi connectivity index (χ2n) is 9.04. The second-order valence-corrected chi connectivity index (χ2v) is 9.93. The Hall–Kier alpha value is -2.87. The largest absolute Gasteiger partial charge is 0.384 e. The van der Waals surface area contributed by atoms with Crippen LogP contribution in [0.2, 0.25) is 0 Å². The molecule has 0 atom stereocenters. The second kappa shape index (κ2) is 10.2. The van der Waals surface area contributed by atoms with Crippen molar-refractivity contribution in [2.45, 2.75) is 13.3 Å². The Kier molecular flexibility index (Phi) is 6.85. The summed E-state index contributed by atoms with van der Waals surface area (Å²) >= 11 is 1.63. The first-order valence-electron chi connectivity index (χ1n) is 11.8. The summed E-state index contributed by atoms with van der Waals surface area (Å²) in [6, 6.07) is 13.7. The number of anilines is 1. The van der Waals surface area contributed by atoms with Gasteiger partial charge >= 0.3 is 0 Å². The number of benzene rings is 2. The number of thiazole rings is 1. The van der Waals surface area contributed by atoms with E-state index in [1.165, 1.54) is 6.07 Å². The van der Waals surface area contributed by atoms with Crippen LogP contribution < -0.4 is 5.32 Å². The Morgan fingerprint density at radius 2 is 1.82 bits per heavy atom. The summed E-state index contributed by atoms with van der Waals surface area (Å²) in [6.07, 6.45) is 2.98. The molecule has 0 aliphatic carbocycles. The fourth-order valence-electron chi connectivity index (χ4n) is 4.43. The van der Waals surface area contributed by atoms with E-state index in [1.54, 1.807) is 18.3 Å². The fourth-order valence-corrected chi connectivity index (χ4v) is 5.15. The Morgan fingerprint density at radius 3 is 2.65 bits per heavy atom. The maximum atomic E-state index is 13.9. The molecule has 2 aromatic carbocycles. The van der Waals surface area contributed by atoms with Crippen molar-refractivity contribution in [3.63, 3.8) is 0 Å². The van der Waals surface area contributed by atoms with Gasteiger partial charge in [-0.25, -0.2) is 9.37 Å². The monoisotopic (exact) mass is 475 g/mol. The molecule has 0 bridgehead atoms. The minimum absolute atomic E-state index is 0.199. The molecule has 0 radical (unpaired) electrons. The van der Waals surface area contributed by atoms with Crippen molar-refractivity contribution in [2.24, 2.45) is 0 Å². The van der Waals surface area contributed by atoms with Gasteiger partial charge in [-0.3, -0.25) is 4.98 Å². The number of aryl methyl sites for hydroxylation is 1. The zero-order valence-electron chi connectivity index (χ0n) is 19.7. The molecule has 0 saturated carbocycles. The molecule has 1 aliphatic rings. The molecule has 0 amide bonds. The van der Waals surface area contributed by atoms with Crippen molar-refractivity contribution in [1.29, 1.82) is 0 Å². The minimum atomic E-state index is -0.199. The summed E-state index contributed by atoms with van der Waals surface area (Å²) in [5.74, 6) is -0.199. The van der Waals surface area contributed by atoms with Gasteiger partial charge in [-0.05, 0) is 74.5 Å². The van der Waals surface area contributed by atoms with E-state index in [2.05, 4.69) is 51.4 Å². The first kappa shape index (κ1) is 22.9. The summed E-state index contributed by atoms with van der Waals surface area (Å²) in [5, 5.41) is 3.57. The van der Waals surface area contributed by atoms with Crippen molar-refractivity contribution in [3.05, 3.63) is 65.6 Å². The molecule has 4 aromatic rings. The van der Waals surface area contributed by atoms with E-state index in [9.17, 15) is 4.39 Å². The van der Waals surface area contributed by atoms with Crippen LogP contribution in [0.5, 0.6) is 0 Å². The van der Waals surface area contributed by atoms with E-state index in [0.717, 1.165) is 84.0 Å². The molecule has 5 nitrogen and oxygen atoms in total. The van der Waals surface area contributed by atoms with Gasteiger partial charge in [-0.2, -0.15) is 0 Å². The van der Waals surface area contributed by atoms with Crippen LogP contribution in [0.15, 0.2) is 54.2 Å². The molecular weight excluding hydrogens is 445 g/mol. The van der Waals surface area contributed by atoms with E-state index in [1.807, 2.05) is 23.8 Å². The van der Waals surface area contributed by atoms with Crippen LogP contribution in [-0.4, -0.2) is 66.1 Å². The van der Waals surface area contributed by atoms with Gasteiger partial charge in [0.05, 0.1) is 33.3 Å². The SMILES string of the molecule is Cc1cc(-c2ncc(NCCCN3CCN(C)CC3)cc2-c2ccc3ncsc3c2)ccc1F. The maximum absolute atomic E-state index is 13.9. The molecule has 7 heteroatoms. The molecule has 0 unspecified atom stereocenters. The van der Waals surface area contributed by atoms with Crippen molar-refractivity contribution in [1.82, 2.24) is 19.8 Å². The standard InChI is InChI=1S/C27H30FN5S/c1-19-14-21(4-6-24(19)28)27-23(20-5-7-25-26(15-20)34-18-31-25)16-22(17-30-27)29-8-3-9-33-12-10-32(2)11-13-33/h4-7,14-18,29H,3,8-13H2,1-2H3. The van der Waals surface area contributed by atoms with Crippen LogP contribution >= 0.6 is 11.3 Å². The molecule has 0 spiro atoms. The molecule has 2 aromatic heterocycles. The number of hydrogen-bond donors (Lipinski definition) is 1. The molecule has 1 fully saturated rings. The zero-order valence-corrected chi connectivity index (χ0v) is 20.5. The van der Waals surface area contributed by atoms with Crippen molar-refractivity contribution < 1.29 is 4.39 Å². The lowest BCUT2D eigenvalue weighted by Crippen LogP contribution is -2.44. The first-order valence-corrected chi connectivity index (χ1v) is 12.7. The highest BCUT2D eigenvalue weighted by Crippen LogP contribution is 2.35. The number of likely N-dealkylation sites (N-methyl/N-ethyl adjacent to an activating group) is 1. The third-order valence-electron chi connectivity index (χ3n) is 6.54. The van der Waals surface area contributed by atoms with E-state index >= 15 is 0 Å². The third kappa shape index (κ3) is 5.12. The number of nitrogens with one attached hydrogen (secondary N) is 1. The molecule has 1 N–H and O–H groups in total. The topological polar surface area (TPSA) is 44.3 Å². The Morgan fingerprint density at radius 1 is 1.00 bits per heavy atom. The van der Waals surface area contributed by atoms with Gasteiger partial charge in [-0.15, -0.1) is 11.3 Å². The van der Waals surface area contributed by atoms with Crippen LogP contribution in [0.1, 0.15) is 12.0 Å². The predicted octanol–water partition coefficient (Wildman–Crippen LogP) is 5.52. The Labute approximate surface area is 204 Å². The number of nitrogens with zero attached hydrogens (tertiary/aromatic N) is 4. The average molecular weight is 476 g/mol. The van der Waals surface area contributed by atoms with Gasteiger partial charge in [0.25, 0.3) is 0 Å². The normalized spacial score (nSPS) is 15.1. The van der Waals surface area contributed by atoms with Gasteiger partial charge in [0, 0.05) is 43.9 Å². The molecule has 1 aliphatic heterocycles. The smallest absolute Gasteiger partial charge is 0.126 e.